The van der Waals surface area contributed by atoms with Gasteiger partial charge in [0.2, 0.25) is 0 Å². The molecule has 1 unspecified atom stereocenters. The number of fused-ring (bicyclic) bond motifs is 1. The lowest BCUT2D eigenvalue weighted by Gasteiger charge is -1.99. The second kappa shape index (κ2) is 3.54. The number of hydrogen-bond acceptors (Lipinski definition) is 2. The molecule has 1 aliphatic carbocycles. The minimum atomic E-state index is -0.166. The van der Waals surface area contributed by atoms with Crippen LogP contribution >= 0.6 is 11.6 Å². The fraction of sp³-hybridized carbons (Fsp3) is 0.273. The first-order valence-corrected chi connectivity index (χ1v) is 4.86. The number of carbonyl (C=O) groups excluding carboxylic acids is 2. The molecule has 1 aromatic carbocycles. The van der Waals surface area contributed by atoms with E-state index in [9.17, 15) is 9.59 Å². The number of carbonyl (C=O) groups is 2. The van der Waals surface area contributed by atoms with Gasteiger partial charge in [0.25, 0.3) is 0 Å². The number of aldehydes is 1. The molecule has 0 aromatic heterocycles. The van der Waals surface area contributed by atoms with Crippen molar-refractivity contribution < 1.29 is 9.59 Å². The monoisotopic (exact) mass is 208 g/mol. The molecule has 0 radical (unpaired) electrons. The smallest absolute Gasteiger partial charge is 0.166 e. The second-order valence-corrected chi connectivity index (χ2v) is 3.91. The maximum atomic E-state index is 11.7. The lowest BCUT2D eigenvalue weighted by Crippen LogP contribution is -2.08. The Morgan fingerprint density at radius 1 is 1.50 bits per heavy atom. The van der Waals surface area contributed by atoms with E-state index in [2.05, 4.69) is 0 Å². The van der Waals surface area contributed by atoms with Gasteiger partial charge < -0.3 is 4.79 Å². The maximum absolute atomic E-state index is 11.7. The van der Waals surface area contributed by atoms with Crippen molar-refractivity contribution in [2.45, 2.75) is 12.8 Å². The van der Waals surface area contributed by atoms with Gasteiger partial charge in [-0.1, -0.05) is 11.6 Å². The van der Waals surface area contributed by atoms with E-state index < -0.39 is 0 Å². The molecule has 1 atom stereocenters. The topological polar surface area (TPSA) is 34.1 Å². The number of rotatable bonds is 2. The molecule has 0 N–H and O–H groups in total. The van der Waals surface area contributed by atoms with Gasteiger partial charge in [0, 0.05) is 22.9 Å². The molecular weight excluding hydrogens is 200 g/mol. The molecule has 2 rings (SSSR count). The lowest BCUT2D eigenvalue weighted by molar-refractivity contribution is -0.108. The highest BCUT2D eigenvalue weighted by atomic mass is 35.5. The van der Waals surface area contributed by atoms with Gasteiger partial charge in [0.05, 0.1) is 0 Å². The van der Waals surface area contributed by atoms with Crippen LogP contribution in [0.4, 0.5) is 0 Å². The standard InChI is InChI=1S/C11H9ClO2/c12-9-1-2-10-8(6-9)5-7(3-4-13)11(10)14/h1-2,4,6-7H,3,5H2. The zero-order valence-corrected chi connectivity index (χ0v) is 8.25. The summed E-state index contributed by atoms with van der Waals surface area (Å²) in [6.45, 7) is 0. The highest BCUT2D eigenvalue weighted by Crippen LogP contribution is 2.30. The number of benzene rings is 1. The van der Waals surface area contributed by atoms with Crippen LogP contribution in [0, 0.1) is 5.92 Å². The number of ketones is 1. The molecule has 0 fully saturated rings. The van der Waals surface area contributed by atoms with Gasteiger partial charge in [-0.3, -0.25) is 4.79 Å². The van der Waals surface area contributed by atoms with Gasteiger partial charge in [-0.2, -0.15) is 0 Å². The van der Waals surface area contributed by atoms with Crippen LogP contribution in [0.5, 0.6) is 0 Å². The SMILES string of the molecule is O=CCC1Cc2cc(Cl)ccc2C1=O. The summed E-state index contributed by atoms with van der Waals surface area (Å²) in [6, 6.07) is 5.26. The van der Waals surface area contributed by atoms with E-state index in [0.29, 0.717) is 17.9 Å². The second-order valence-electron chi connectivity index (χ2n) is 3.47. The molecule has 2 nitrogen and oxygen atoms in total. The molecule has 0 spiro atoms. The summed E-state index contributed by atoms with van der Waals surface area (Å²) in [6.07, 6.45) is 1.76. The van der Waals surface area contributed by atoms with Crippen molar-refractivity contribution in [1.82, 2.24) is 0 Å². The Kier molecular flexibility index (Phi) is 2.38. The molecule has 1 aromatic rings. The van der Waals surface area contributed by atoms with Crippen molar-refractivity contribution in [2.24, 2.45) is 5.92 Å². The van der Waals surface area contributed by atoms with Gasteiger partial charge in [-0.15, -0.1) is 0 Å². The number of Topliss-reactive ketones (excluding diaryl/α,β-unsaturated/α-hetero) is 1. The summed E-state index contributed by atoms with van der Waals surface area (Å²) in [5.41, 5.74) is 1.69. The highest BCUT2D eigenvalue weighted by molar-refractivity contribution is 6.30. The van der Waals surface area contributed by atoms with E-state index in [1.165, 1.54) is 0 Å². The first-order chi connectivity index (χ1) is 6.72. The third-order valence-electron chi connectivity index (χ3n) is 2.55. The quantitative estimate of drug-likeness (QED) is 0.699. The molecule has 0 amide bonds. The van der Waals surface area contributed by atoms with Crippen molar-refractivity contribution in [2.75, 3.05) is 0 Å². The Morgan fingerprint density at radius 3 is 3.00 bits per heavy atom. The Bertz CT molecular complexity index is 398. The zero-order chi connectivity index (χ0) is 10.1. The molecule has 0 heterocycles. The van der Waals surface area contributed by atoms with Gasteiger partial charge >= 0.3 is 0 Å². The highest BCUT2D eigenvalue weighted by Gasteiger charge is 2.29. The fourth-order valence-electron chi connectivity index (χ4n) is 1.86. The largest absolute Gasteiger partial charge is 0.303 e. The minimum absolute atomic E-state index is 0.0729. The van der Waals surface area contributed by atoms with E-state index in [0.717, 1.165) is 17.4 Å². The van der Waals surface area contributed by atoms with Crippen LogP contribution in [-0.2, 0) is 11.2 Å². The van der Waals surface area contributed by atoms with Gasteiger partial charge in [-0.25, -0.2) is 0 Å². The maximum Gasteiger partial charge on any atom is 0.166 e. The molecule has 14 heavy (non-hydrogen) atoms. The van der Waals surface area contributed by atoms with Crippen LogP contribution in [0.1, 0.15) is 22.3 Å². The van der Waals surface area contributed by atoms with Crippen LogP contribution in [0.25, 0.3) is 0 Å². The Labute approximate surface area is 86.9 Å². The predicted molar refractivity (Wildman–Crippen MR) is 53.7 cm³/mol. The average molecular weight is 209 g/mol. The fourth-order valence-corrected chi connectivity index (χ4v) is 2.05. The van der Waals surface area contributed by atoms with Crippen molar-refractivity contribution in [3.05, 3.63) is 34.3 Å². The molecule has 0 saturated carbocycles. The molecule has 1 aliphatic rings. The first kappa shape index (κ1) is 9.41. The number of hydrogen-bond donors (Lipinski definition) is 0. The third-order valence-corrected chi connectivity index (χ3v) is 2.79. The number of halogens is 1. The van der Waals surface area contributed by atoms with E-state index in [-0.39, 0.29) is 11.7 Å². The van der Waals surface area contributed by atoms with E-state index >= 15 is 0 Å². The summed E-state index contributed by atoms with van der Waals surface area (Å²) in [7, 11) is 0. The zero-order valence-electron chi connectivity index (χ0n) is 7.50. The Hall–Kier alpha value is -1.15. The Balaban J connectivity index is 2.35. The summed E-state index contributed by atoms with van der Waals surface area (Å²) in [5.74, 6) is -0.0928. The van der Waals surface area contributed by atoms with Crippen molar-refractivity contribution in [1.29, 1.82) is 0 Å². The normalized spacial score (nSPS) is 19.5. The van der Waals surface area contributed by atoms with Crippen LogP contribution in [0.3, 0.4) is 0 Å². The minimum Gasteiger partial charge on any atom is -0.303 e. The van der Waals surface area contributed by atoms with Crippen molar-refractivity contribution >= 4 is 23.7 Å². The summed E-state index contributed by atoms with van der Waals surface area (Å²) in [5, 5.41) is 0.642. The van der Waals surface area contributed by atoms with Crippen LogP contribution in [0.15, 0.2) is 18.2 Å². The summed E-state index contributed by atoms with van der Waals surface area (Å²) in [4.78, 5) is 22.0. The molecule has 0 saturated heterocycles. The molecule has 72 valence electrons. The van der Waals surface area contributed by atoms with E-state index in [1.54, 1.807) is 18.2 Å². The molecule has 3 heteroatoms. The molecule has 0 aliphatic heterocycles. The molecule has 0 bridgehead atoms. The molecular formula is C11H9ClO2. The lowest BCUT2D eigenvalue weighted by atomic mass is 10.0. The van der Waals surface area contributed by atoms with Gasteiger partial charge in [0.1, 0.15) is 6.29 Å². The summed E-state index contributed by atoms with van der Waals surface area (Å²) < 4.78 is 0. The van der Waals surface area contributed by atoms with Crippen molar-refractivity contribution in [3.63, 3.8) is 0 Å². The van der Waals surface area contributed by atoms with Crippen molar-refractivity contribution in [3.8, 4) is 0 Å². The predicted octanol–water partition coefficient (Wildman–Crippen LogP) is 2.28. The first-order valence-electron chi connectivity index (χ1n) is 4.48. The third kappa shape index (κ3) is 1.46. The van der Waals surface area contributed by atoms with Crippen LogP contribution < -0.4 is 0 Å². The van der Waals surface area contributed by atoms with Crippen LogP contribution in [-0.4, -0.2) is 12.1 Å². The van der Waals surface area contributed by atoms with Crippen LogP contribution in [0.2, 0.25) is 5.02 Å². The van der Waals surface area contributed by atoms with Gasteiger partial charge in [-0.05, 0) is 30.2 Å². The Morgan fingerprint density at radius 2 is 2.29 bits per heavy atom. The summed E-state index contributed by atoms with van der Waals surface area (Å²) >= 11 is 5.82. The average Bonchev–Trinajstić information content (AvgIpc) is 2.44. The van der Waals surface area contributed by atoms with E-state index in [1.807, 2.05) is 0 Å². The van der Waals surface area contributed by atoms with Gasteiger partial charge in [0.15, 0.2) is 5.78 Å². The van der Waals surface area contributed by atoms with E-state index in [4.69, 9.17) is 11.6 Å².